The molecule has 94 valence electrons. The quantitative estimate of drug-likeness (QED) is 0.924. The number of carboxylic acids is 1. The Hall–Kier alpha value is -2.01. The van der Waals surface area contributed by atoms with Crippen LogP contribution in [0.4, 0.5) is 0 Å². The Morgan fingerprint density at radius 1 is 1.50 bits per heavy atom. The molecule has 0 saturated carbocycles. The molecule has 0 atom stereocenters. The molecule has 1 aromatic heterocycles. The van der Waals surface area contributed by atoms with Crippen molar-refractivity contribution in [2.24, 2.45) is 0 Å². The fraction of sp³-hybridized carbons (Fsp3) is 0.167. The number of aromatic carboxylic acids is 1. The second kappa shape index (κ2) is 5.10. The van der Waals surface area contributed by atoms with Crippen LogP contribution in [-0.4, -0.2) is 20.6 Å². The molecule has 2 aromatic rings. The van der Waals surface area contributed by atoms with E-state index in [1.807, 2.05) is 6.92 Å². The van der Waals surface area contributed by atoms with E-state index in [0.29, 0.717) is 17.3 Å². The number of imidazole rings is 1. The molecule has 2 rings (SSSR count). The first-order chi connectivity index (χ1) is 8.61. The summed E-state index contributed by atoms with van der Waals surface area (Å²) in [5.74, 6) is -0.650. The summed E-state index contributed by atoms with van der Waals surface area (Å²) in [5, 5.41) is 9.33. The van der Waals surface area contributed by atoms with Crippen LogP contribution in [0.1, 0.15) is 17.4 Å². The van der Waals surface area contributed by atoms with Gasteiger partial charge < -0.3 is 14.4 Å². The van der Waals surface area contributed by atoms with Crippen LogP contribution in [0.5, 0.6) is 11.8 Å². The summed E-state index contributed by atoms with van der Waals surface area (Å²) in [4.78, 5) is 14.7. The van der Waals surface area contributed by atoms with E-state index in [1.54, 1.807) is 28.8 Å². The lowest BCUT2D eigenvalue weighted by Crippen LogP contribution is -1.97. The van der Waals surface area contributed by atoms with E-state index >= 15 is 0 Å². The zero-order chi connectivity index (χ0) is 13.1. The molecule has 0 fully saturated rings. The second-order valence-corrected chi connectivity index (χ2v) is 3.94. The molecule has 0 aliphatic rings. The van der Waals surface area contributed by atoms with Gasteiger partial charge in [-0.2, -0.15) is 4.98 Å². The lowest BCUT2D eigenvalue weighted by molar-refractivity contribution is 0.0690. The topological polar surface area (TPSA) is 64.4 Å². The molecule has 0 radical (unpaired) electrons. The normalized spacial score (nSPS) is 10.3. The van der Waals surface area contributed by atoms with Crippen molar-refractivity contribution in [1.82, 2.24) is 9.55 Å². The molecule has 0 spiro atoms. The van der Waals surface area contributed by atoms with Crippen molar-refractivity contribution >= 4 is 17.6 Å². The summed E-state index contributed by atoms with van der Waals surface area (Å²) in [6.07, 6.45) is 1.43. The van der Waals surface area contributed by atoms with E-state index in [1.165, 1.54) is 6.20 Å². The monoisotopic (exact) mass is 266 g/mol. The maximum Gasteiger partial charge on any atom is 0.356 e. The number of benzene rings is 1. The van der Waals surface area contributed by atoms with Crippen LogP contribution >= 0.6 is 11.6 Å². The summed E-state index contributed by atoms with van der Waals surface area (Å²) < 4.78 is 7.12. The molecule has 1 N–H and O–H groups in total. The minimum absolute atomic E-state index is 0.0566. The first-order valence-electron chi connectivity index (χ1n) is 5.34. The third-order valence-electron chi connectivity index (χ3n) is 2.34. The number of rotatable bonds is 4. The minimum atomic E-state index is -1.09. The van der Waals surface area contributed by atoms with E-state index in [2.05, 4.69) is 4.98 Å². The fourth-order valence-electron chi connectivity index (χ4n) is 1.44. The Balaban J connectivity index is 2.34. The maximum absolute atomic E-state index is 10.8. The Bertz CT molecular complexity index is 580. The number of aromatic nitrogens is 2. The molecule has 0 aliphatic heterocycles. The average molecular weight is 267 g/mol. The van der Waals surface area contributed by atoms with Gasteiger partial charge in [0.15, 0.2) is 5.69 Å². The number of hydrogen-bond acceptors (Lipinski definition) is 3. The summed E-state index contributed by atoms with van der Waals surface area (Å²) in [5.41, 5.74) is -0.0566. The van der Waals surface area contributed by atoms with Crippen LogP contribution in [0.2, 0.25) is 5.02 Å². The number of aryl methyl sites for hydroxylation is 1. The fourth-order valence-corrected chi connectivity index (χ4v) is 1.61. The van der Waals surface area contributed by atoms with E-state index < -0.39 is 5.97 Å². The highest BCUT2D eigenvalue weighted by Gasteiger charge is 2.14. The molecule has 5 nitrogen and oxygen atoms in total. The van der Waals surface area contributed by atoms with Crippen molar-refractivity contribution in [3.63, 3.8) is 0 Å². The van der Waals surface area contributed by atoms with Crippen molar-refractivity contribution in [3.05, 3.63) is 41.2 Å². The SMILES string of the molecule is CCn1cc(C(=O)O)nc1Oc1ccccc1Cl. The van der Waals surface area contributed by atoms with Gasteiger partial charge in [-0.05, 0) is 19.1 Å². The van der Waals surface area contributed by atoms with Gasteiger partial charge in [-0.15, -0.1) is 0 Å². The minimum Gasteiger partial charge on any atom is -0.476 e. The number of carbonyl (C=O) groups is 1. The number of nitrogens with zero attached hydrogens (tertiary/aromatic N) is 2. The standard InChI is InChI=1S/C12H11ClN2O3/c1-2-15-7-9(11(16)17)14-12(15)18-10-6-4-3-5-8(10)13/h3-7H,2H2,1H3,(H,16,17). The van der Waals surface area contributed by atoms with Crippen LogP contribution in [-0.2, 0) is 6.54 Å². The lowest BCUT2D eigenvalue weighted by Gasteiger charge is -2.07. The van der Waals surface area contributed by atoms with Crippen molar-refractivity contribution in [2.45, 2.75) is 13.5 Å². The molecular formula is C12H11ClN2O3. The molecule has 0 amide bonds. The Kier molecular flexibility index (Phi) is 3.53. The first-order valence-corrected chi connectivity index (χ1v) is 5.72. The smallest absolute Gasteiger partial charge is 0.356 e. The van der Waals surface area contributed by atoms with Crippen LogP contribution in [0.15, 0.2) is 30.5 Å². The van der Waals surface area contributed by atoms with Crippen LogP contribution < -0.4 is 4.74 Å². The van der Waals surface area contributed by atoms with Crippen LogP contribution in [0, 0.1) is 0 Å². The van der Waals surface area contributed by atoms with Crippen molar-refractivity contribution in [2.75, 3.05) is 0 Å². The van der Waals surface area contributed by atoms with Crippen LogP contribution in [0.25, 0.3) is 0 Å². The van der Waals surface area contributed by atoms with Gasteiger partial charge in [0.2, 0.25) is 0 Å². The largest absolute Gasteiger partial charge is 0.476 e. The van der Waals surface area contributed by atoms with Crippen molar-refractivity contribution in [1.29, 1.82) is 0 Å². The summed E-state index contributed by atoms with van der Waals surface area (Å²) in [6.45, 7) is 2.42. The molecule has 18 heavy (non-hydrogen) atoms. The van der Waals surface area contributed by atoms with Gasteiger partial charge in [-0.1, -0.05) is 23.7 Å². The molecule has 0 aliphatic carbocycles. The molecular weight excluding hydrogens is 256 g/mol. The zero-order valence-corrected chi connectivity index (χ0v) is 10.4. The third-order valence-corrected chi connectivity index (χ3v) is 2.65. The molecule has 1 heterocycles. The van der Waals surface area contributed by atoms with Gasteiger partial charge in [-0.3, -0.25) is 0 Å². The molecule has 1 aromatic carbocycles. The molecule has 0 saturated heterocycles. The van der Waals surface area contributed by atoms with Gasteiger partial charge in [0, 0.05) is 12.7 Å². The molecule has 0 bridgehead atoms. The number of carboxylic acid groups (broad SMARTS) is 1. The van der Waals surface area contributed by atoms with E-state index in [0.717, 1.165) is 0 Å². The Labute approximate surface area is 109 Å². The number of halogens is 1. The predicted molar refractivity (Wildman–Crippen MR) is 66.4 cm³/mol. The van der Waals surface area contributed by atoms with Gasteiger partial charge in [0.1, 0.15) is 5.75 Å². The summed E-state index contributed by atoms with van der Waals surface area (Å²) >= 11 is 5.96. The lowest BCUT2D eigenvalue weighted by atomic mass is 10.3. The average Bonchev–Trinajstić information content (AvgIpc) is 2.75. The van der Waals surface area contributed by atoms with E-state index in [-0.39, 0.29) is 11.7 Å². The number of ether oxygens (including phenoxy) is 1. The van der Waals surface area contributed by atoms with Gasteiger partial charge in [0.05, 0.1) is 5.02 Å². The van der Waals surface area contributed by atoms with Gasteiger partial charge >= 0.3 is 12.0 Å². The maximum atomic E-state index is 10.8. The Morgan fingerprint density at radius 3 is 2.83 bits per heavy atom. The first kappa shape index (κ1) is 12.4. The highest BCUT2D eigenvalue weighted by molar-refractivity contribution is 6.32. The number of hydrogen-bond donors (Lipinski definition) is 1. The predicted octanol–water partition coefficient (Wildman–Crippen LogP) is 3.05. The van der Waals surface area contributed by atoms with Crippen LogP contribution in [0.3, 0.4) is 0 Å². The summed E-state index contributed by atoms with van der Waals surface area (Å²) in [6, 6.07) is 7.15. The van der Waals surface area contributed by atoms with Gasteiger partial charge in [0.25, 0.3) is 0 Å². The number of para-hydroxylation sites is 1. The molecule has 6 heteroatoms. The van der Waals surface area contributed by atoms with E-state index in [9.17, 15) is 4.79 Å². The van der Waals surface area contributed by atoms with E-state index in [4.69, 9.17) is 21.4 Å². The van der Waals surface area contributed by atoms with Gasteiger partial charge in [-0.25, -0.2) is 4.79 Å². The third kappa shape index (κ3) is 2.46. The van der Waals surface area contributed by atoms with Crippen molar-refractivity contribution in [3.8, 4) is 11.8 Å². The Morgan fingerprint density at radius 2 is 2.22 bits per heavy atom. The summed E-state index contributed by atoms with van der Waals surface area (Å²) in [7, 11) is 0. The second-order valence-electron chi connectivity index (χ2n) is 3.53. The highest BCUT2D eigenvalue weighted by atomic mass is 35.5. The van der Waals surface area contributed by atoms with Crippen molar-refractivity contribution < 1.29 is 14.6 Å². The highest BCUT2D eigenvalue weighted by Crippen LogP contribution is 2.28. The zero-order valence-electron chi connectivity index (χ0n) is 9.63. The molecule has 0 unspecified atom stereocenters.